The second kappa shape index (κ2) is 5.52. The zero-order chi connectivity index (χ0) is 13.1. The molecular weight excluding hydrogens is 218 g/mol. The fraction of sp³-hybridized carbons (Fsp3) is 0.846. The van der Waals surface area contributed by atoms with Gasteiger partial charge in [0, 0.05) is 25.4 Å². The van der Waals surface area contributed by atoms with E-state index in [-0.39, 0.29) is 17.8 Å². The molecule has 0 aromatic heterocycles. The second-order valence-electron chi connectivity index (χ2n) is 5.55. The molecule has 0 aliphatic heterocycles. The highest BCUT2D eigenvalue weighted by Crippen LogP contribution is 2.30. The Balaban J connectivity index is 2.36. The van der Waals surface area contributed by atoms with Crippen molar-refractivity contribution in [1.29, 1.82) is 0 Å². The van der Waals surface area contributed by atoms with E-state index in [2.05, 4.69) is 0 Å². The molecule has 0 heterocycles. The largest absolute Gasteiger partial charge is 0.444 e. The predicted molar refractivity (Wildman–Crippen MR) is 65.8 cm³/mol. The van der Waals surface area contributed by atoms with Crippen molar-refractivity contribution in [2.45, 2.75) is 52.6 Å². The third-order valence-corrected chi connectivity index (χ3v) is 2.69. The van der Waals surface area contributed by atoms with Gasteiger partial charge < -0.3 is 9.64 Å². The van der Waals surface area contributed by atoms with Crippen molar-refractivity contribution in [2.24, 2.45) is 5.92 Å². The van der Waals surface area contributed by atoms with Crippen molar-refractivity contribution >= 4 is 11.9 Å². The smallest absolute Gasteiger partial charge is 0.410 e. The Morgan fingerprint density at radius 2 is 1.88 bits per heavy atom. The number of ketones is 1. The first-order chi connectivity index (χ1) is 7.83. The summed E-state index contributed by atoms with van der Waals surface area (Å²) in [6.45, 7) is 8.47. The average Bonchev–Trinajstić information content (AvgIpc) is 2.98. The highest BCUT2D eigenvalue weighted by atomic mass is 16.6. The number of rotatable bonds is 5. The molecule has 1 amide bonds. The zero-order valence-corrected chi connectivity index (χ0v) is 11.3. The van der Waals surface area contributed by atoms with E-state index in [0.717, 1.165) is 12.8 Å². The van der Waals surface area contributed by atoms with Crippen molar-refractivity contribution < 1.29 is 14.3 Å². The molecule has 4 nitrogen and oxygen atoms in total. The summed E-state index contributed by atoms with van der Waals surface area (Å²) in [6.07, 6.45) is 2.18. The molecule has 0 unspecified atom stereocenters. The third kappa shape index (κ3) is 5.20. The lowest BCUT2D eigenvalue weighted by Crippen LogP contribution is -2.38. The van der Waals surface area contributed by atoms with E-state index in [1.165, 1.54) is 0 Å². The van der Waals surface area contributed by atoms with E-state index in [4.69, 9.17) is 4.74 Å². The second-order valence-corrected chi connectivity index (χ2v) is 5.55. The lowest BCUT2D eigenvalue weighted by molar-refractivity contribution is -0.120. The molecule has 1 aliphatic carbocycles. The predicted octanol–water partition coefficient (Wildman–Crippen LogP) is 2.61. The van der Waals surface area contributed by atoms with E-state index in [1.807, 2.05) is 27.7 Å². The molecule has 0 radical (unpaired) electrons. The van der Waals surface area contributed by atoms with Crippen LogP contribution in [0.1, 0.15) is 47.0 Å². The van der Waals surface area contributed by atoms with Crippen molar-refractivity contribution in [1.82, 2.24) is 4.90 Å². The number of hydrogen-bond acceptors (Lipinski definition) is 3. The van der Waals surface area contributed by atoms with E-state index in [9.17, 15) is 9.59 Å². The number of ether oxygens (including phenoxy) is 1. The number of Topliss-reactive ketones (excluding diaryl/α,β-unsaturated/α-hetero) is 1. The maximum atomic E-state index is 11.8. The van der Waals surface area contributed by atoms with Crippen molar-refractivity contribution in [2.75, 3.05) is 13.1 Å². The van der Waals surface area contributed by atoms with Gasteiger partial charge in [-0.1, -0.05) is 0 Å². The molecule has 17 heavy (non-hydrogen) atoms. The van der Waals surface area contributed by atoms with E-state index >= 15 is 0 Å². The Kier molecular flexibility index (Phi) is 4.54. The molecule has 0 atom stereocenters. The van der Waals surface area contributed by atoms with Crippen LogP contribution in [-0.4, -0.2) is 35.5 Å². The summed E-state index contributed by atoms with van der Waals surface area (Å²) in [5, 5.41) is 0. The van der Waals surface area contributed by atoms with Crippen LogP contribution in [0.15, 0.2) is 0 Å². The minimum Gasteiger partial charge on any atom is -0.444 e. The van der Waals surface area contributed by atoms with Crippen LogP contribution in [0, 0.1) is 5.92 Å². The minimum atomic E-state index is -0.481. The van der Waals surface area contributed by atoms with Crippen LogP contribution < -0.4 is 0 Å². The summed E-state index contributed by atoms with van der Waals surface area (Å²) in [6, 6.07) is 0. The van der Waals surface area contributed by atoms with Gasteiger partial charge in [0.1, 0.15) is 11.4 Å². The Morgan fingerprint density at radius 1 is 1.29 bits per heavy atom. The van der Waals surface area contributed by atoms with Gasteiger partial charge in [0.05, 0.1) is 0 Å². The van der Waals surface area contributed by atoms with Crippen LogP contribution in [0.4, 0.5) is 4.79 Å². The average molecular weight is 241 g/mol. The van der Waals surface area contributed by atoms with Crippen molar-refractivity contribution in [3.8, 4) is 0 Å². The van der Waals surface area contributed by atoms with Crippen molar-refractivity contribution in [3.63, 3.8) is 0 Å². The quantitative estimate of drug-likeness (QED) is 0.743. The number of nitrogens with zero attached hydrogens (tertiary/aromatic N) is 1. The van der Waals surface area contributed by atoms with Gasteiger partial charge in [-0.05, 0) is 40.5 Å². The first-order valence-electron chi connectivity index (χ1n) is 6.34. The van der Waals surface area contributed by atoms with E-state index < -0.39 is 5.60 Å². The normalized spacial score (nSPS) is 15.5. The molecule has 98 valence electrons. The third-order valence-electron chi connectivity index (χ3n) is 2.69. The van der Waals surface area contributed by atoms with Gasteiger partial charge in [-0.2, -0.15) is 0 Å². The number of amides is 1. The Labute approximate surface area is 103 Å². The van der Waals surface area contributed by atoms with Gasteiger partial charge in [-0.15, -0.1) is 0 Å². The molecule has 4 heteroatoms. The minimum absolute atomic E-state index is 0.271. The van der Waals surface area contributed by atoms with Gasteiger partial charge in [0.25, 0.3) is 0 Å². The standard InChI is InChI=1S/C13H23NO3/c1-5-14(12(16)17-13(2,3)4)9-8-11(15)10-6-7-10/h10H,5-9H2,1-4H3. The molecule has 0 N–H and O–H groups in total. The van der Waals surface area contributed by atoms with Crippen molar-refractivity contribution in [3.05, 3.63) is 0 Å². The Hall–Kier alpha value is -1.06. The van der Waals surface area contributed by atoms with E-state index in [1.54, 1.807) is 4.90 Å². The molecule has 1 fully saturated rings. The molecule has 0 spiro atoms. The Bertz CT molecular complexity index is 290. The van der Waals surface area contributed by atoms with Crippen LogP contribution in [0.5, 0.6) is 0 Å². The molecule has 1 saturated carbocycles. The summed E-state index contributed by atoms with van der Waals surface area (Å²) in [5.41, 5.74) is -0.481. The summed E-state index contributed by atoms with van der Waals surface area (Å²) < 4.78 is 5.27. The van der Waals surface area contributed by atoms with Crippen LogP contribution in [0.25, 0.3) is 0 Å². The molecule has 0 aromatic carbocycles. The fourth-order valence-electron chi connectivity index (χ4n) is 1.56. The SMILES string of the molecule is CCN(CCC(=O)C1CC1)C(=O)OC(C)(C)C. The maximum absolute atomic E-state index is 11.8. The van der Waals surface area contributed by atoms with Crippen LogP contribution in [0.2, 0.25) is 0 Å². The zero-order valence-electron chi connectivity index (χ0n) is 11.3. The van der Waals surface area contributed by atoms with Crippen LogP contribution in [-0.2, 0) is 9.53 Å². The topological polar surface area (TPSA) is 46.6 Å². The highest BCUT2D eigenvalue weighted by Gasteiger charge is 2.30. The number of carbonyl (C=O) groups is 2. The lowest BCUT2D eigenvalue weighted by Gasteiger charge is -2.26. The summed E-state index contributed by atoms with van der Waals surface area (Å²) in [7, 11) is 0. The lowest BCUT2D eigenvalue weighted by atomic mass is 10.2. The number of hydrogen-bond donors (Lipinski definition) is 0. The molecule has 0 aromatic rings. The summed E-state index contributed by atoms with van der Waals surface area (Å²) in [4.78, 5) is 24.9. The van der Waals surface area contributed by atoms with Gasteiger partial charge in [-0.3, -0.25) is 4.79 Å². The molecular formula is C13H23NO3. The molecule has 1 rings (SSSR count). The highest BCUT2D eigenvalue weighted by molar-refractivity contribution is 5.83. The first kappa shape index (κ1) is 14.0. The summed E-state index contributed by atoms with van der Waals surface area (Å²) >= 11 is 0. The van der Waals surface area contributed by atoms with Gasteiger partial charge in [0.2, 0.25) is 0 Å². The monoisotopic (exact) mass is 241 g/mol. The fourth-order valence-corrected chi connectivity index (χ4v) is 1.56. The summed E-state index contributed by atoms with van der Waals surface area (Å²) in [5.74, 6) is 0.555. The molecule has 0 bridgehead atoms. The van der Waals surface area contributed by atoms with E-state index in [0.29, 0.717) is 19.5 Å². The number of carbonyl (C=O) groups excluding carboxylic acids is 2. The van der Waals surface area contributed by atoms with Crippen LogP contribution in [0.3, 0.4) is 0 Å². The first-order valence-corrected chi connectivity index (χ1v) is 6.34. The molecule has 0 saturated heterocycles. The van der Waals surface area contributed by atoms with Gasteiger partial charge in [-0.25, -0.2) is 4.79 Å². The van der Waals surface area contributed by atoms with Gasteiger partial charge in [0.15, 0.2) is 0 Å². The van der Waals surface area contributed by atoms with Gasteiger partial charge >= 0.3 is 6.09 Å². The molecule has 1 aliphatic rings. The van der Waals surface area contributed by atoms with Crippen LogP contribution >= 0.6 is 0 Å². The Morgan fingerprint density at radius 3 is 2.29 bits per heavy atom. The maximum Gasteiger partial charge on any atom is 0.410 e.